The van der Waals surface area contributed by atoms with Gasteiger partial charge in [-0.25, -0.2) is 0 Å². The van der Waals surface area contributed by atoms with Gasteiger partial charge in [-0.15, -0.1) is 0 Å². The number of carbonyl (C=O) groups is 4. The van der Waals surface area contributed by atoms with Crippen molar-refractivity contribution in [2.75, 3.05) is 25.0 Å². The average Bonchev–Trinajstić information content (AvgIpc) is 2.85. The first-order valence-electron chi connectivity index (χ1n) is 11.5. The van der Waals surface area contributed by atoms with Crippen LogP contribution in [0.4, 0.5) is 5.69 Å². The number of rotatable bonds is 7. The highest BCUT2D eigenvalue weighted by atomic mass is 35.5. The molecule has 0 aliphatic carbocycles. The fraction of sp³-hybridized carbons (Fsp3) is 0.385. The van der Waals surface area contributed by atoms with E-state index in [9.17, 15) is 19.2 Å². The fourth-order valence-electron chi connectivity index (χ4n) is 3.92. The second kappa shape index (κ2) is 11.8. The Morgan fingerprint density at radius 3 is 2.23 bits per heavy atom. The summed E-state index contributed by atoms with van der Waals surface area (Å²) < 4.78 is 5.33. The van der Waals surface area contributed by atoms with Crippen LogP contribution in [0.5, 0.6) is 0 Å². The monoisotopic (exact) mass is 499 g/mol. The maximum Gasteiger partial charge on any atom is 0.309 e. The number of para-hydroxylation sites is 1. The number of ether oxygens (including phenoxy) is 1. The minimum absolute atomic E-state index is 0.111. The lowest BCUT2D eigenvalue weighted by Crippen LogP contribution is -2.43. The van der Waals surface area contributed by atoms with Gasteiger partial charge in [-0.2, -0.15) is 0 Å². The molecular weight excluding hydrogens is 470 g/mol. The third kappa shape index (κ3) is 7.05. The summed E-state index contributed by atoms with van der Waals surface area (Å²) in [5, 5.41) is 5.85. The van der Waals surface area contributed by atoms with E-state index in [-0.39, 0.29) is 18.4 Å². The molecule has 2 aromatic carbocycles. The van der Waals surface area contributed by atoms with E-state index in [0.29, 0.717) is 42.2 Å². The number of anilines is 1. The Bertz CT molecular complexity index is 1070. The first kappa shape index (κ1) is 26.2. The number of likely N-dealkylation sites (tertiary alicyclic amines) is 1. The summed E-state index contributed by atoms with van der Waals surface area (Å²) in [6.07, 6.45) is -0.140. The average molecular weight is 500 g/mol. The molecule has 9 heteroatoms. The minimum Gasteiger partial charge on any atom is -0.452 e. The standard InChI is InChI=1S/C26H30ClN3O5/c1-16-5-4-6-17(2)23(16)29-22(31)15-28-24(32)18(3)35-26(34)20-11-13-30(14-12-20)25(33)19-7-9-21(27)10-8-19/h4-10,18,20H,11-15H2,1-3H3,(H,28,32)(H,29,31). The summed E-state index contributed by atoms with van der Waals surface area (Å²) in [5.74, 6) is -1.91. The lowest BCUT2D eigenvalue weighted by Gasteiger charge is -2.31. The summed E-state index contributed by atoms with van der Waals surface area (Å²) in [6.45, 7) is 5.84. The third-order valence-corrected chi connectivity index (χ3v) is 6.29. The Balaban J connectivity index is 1.42. The van der Waals surface area contributed by atoms with Crippen molar-refractivity contribution in [2.45, 2.75) is 39.7 Å². The SMILES string of the molecule is Cc1cccc(C)c1NC(=O)CNC(=O)C(C)OC(=O)C1CCN(C(=O)c2ccc(Cl)cc2)CC1. The van der Waals surface area contributed by atoms with Crippen LogP contribution >= 0.6 is 11.6 Å². The molecule has 1 saturated heterocycles. The number of nitrogens with one attached hydrogen (secondary N) is 2. The van der Waals surface area contributed by atoms with Crippen LogP contribution in [0.25, 0.3) is 0 Å². The number of hydrogen-bond donors (Lipinski definition) is 2. The lowest BCUT2D eigenvalue weighted by molar-refractivity contribution is -0.160. The zero-order chi connectivity index (χ0) is 25.5. The van der Waals surface area contributed by atoms with Crippen molar-refractivity contribution < 1.29 is 23.9 Å². The molecule has 186 valence electrons. The van der Waals surface area contributed by atoms with Crippen LogP contribution < -0.4 is 10.6 Å². The molecule has 1 unspecified atom stereocenters. The van der Waals surface area contributed by atoms with Crippen LogP contribution in [0.1, 0.15) is 41.3 Å². The summed E-state index contributed by atoms with van der Waals surface area (Å²) in [4.78, 5) is 51.4. The normalized spacial score (nSPS) is 14.7. The first-order chi connectivity index (χ1) is 16.7. The van der Waals surface area contributed by atoms with Gasteiger partial charge in [0.2, 0.25) is 5.91 Å². The van der Waals surface area contributed by atoms with Crippen molar-refractivity contribution in [1.82, 2.24) is 10.2 Å². The van der Waals surface area contributed by atoms with Gasteiger partial charge in [0.15, 0.2) is 6.10 Å². The molecule has 3 amide bonds. The van der Waals surface area contributed by atoms with Gasteiger partial charge in [0.25, 0.3) is 11.8 Å². The van der Waals surface area contributed by atoms with Crippen LogP contribution in [0.3, 0.4) is 0 Å². The van der Waals surface area contributed by atoms with Crippen LogP contribution in [0.15, 0.2) is 42.5 Å². The van der Waals surface area contributed by atoms with Gasteiger partial charge in [0.1, 0.15) is 0 Å². The van der Waals surface area contributed by atoms with Crippen LogP contribution in [0.2, 0.25) is 5.02 Å². The lowest BCUT2D eigenvalue weighted by atomic mass is 9.96. The van der Waals surface area contributed by atoms with Crippen molar-refractivity contribution in [3.63, 3.8) is 0 Å². The second-order valence-corrected chi connectivity index (χ2v) is 9.12. The fourth-order valence-corrected chi connectivity index (χ4v) is 4.05. The number of piperidine rings is 1. The molecule has 1 aliphatic heterocycles. The topological polar surface area (TPSA) is 105 Å². The molecule has 2 aromatic rings. The van der Waals surface area contributed by atoms with Gasteiger partial charge in [-0.1, -0.05) is 29.8 Å². The van der Waals surface area contributed by atoms with Crippen molar-refractivity contribution >= 4 is 41.0 Å². The number of amides is 3. The zero-order valence-corrected chi connectivity index (χ0v) is 20.9. The van der Waals surface area contributed by atoms with E-state index < -0.39 is 23.9 Å². The molecular formula is C26H30ClN3O5. The molecule has 0 spiro atoms. The van der Waals surface area contributed by atoms with Gasteiger partial charge in [0, 0.05) is 29.4 Å². The highest BCUT2D eigenvalue weighted by molar-refractivity contribution is 6.30. The number of aryl methyl sites for hydroxylation is 2. The largest absolute Gasteiger partial charge is 0.452 e. The van der Waals surface area contributed by atoms with E-state index in [2.05, 4.69) is 10.6 Å². The van der Waals surface area contributed by atoms with Gasteiger partial charge in [0.05, 0.1) is 12.5 Å². The highest BCUT2D eigenvalue weighted by Crippen LogP contribution is 2.22. The van der Waals surface area contributed by atoms with Crippen molar-refractivity contribution in [3.05, 3.63) is 64.2 Å². The van der Waals surface area contributed by atoms with E-state index in [1.54, 1.807) is 29.2 Å². The van der Waals surface area contributed by atoms with E-state index in [1.165, 1.54) is 6.92 Å². The first-order valence-corrected chi connectivity index (χ1v) is 11.9. The predicted molar refractivity (Wildman–Crippen MR) is 133 cm³/mol. The summed E-state index contributed by atoms with van der Waals surface area (Å²) in [7, 11) is 0. The summed E-state index contributed by atoms with van der Waals surface area (Å²) >= 11 is 5.87. The molecule has 1 heterocycles. The smallest absolute Gasteiger partial charge is 0.309 e. The molecule has 3 rings (SSSR count). The van der Waals surface area contributed by atoms with Gasteiger partial charge in [-0.3, -0.25) is 19.2 Å². The molecule has 0 aromatic heterocycles. The maximum absolute atomic E-state index is 12.6. The molecule has 2 N–H and O–H groups in total. The number of hydrogen-bond acceptors (Lipinski definition) is 5. The maximum atomic E-state index is 12.6. The highest BCUT2D eigenvalue weighted by Gasteiger charge is 2.30. The van der Waals surface area contributed by atoms with E-state index in [4.69, 9.17) is 16.3 Å². The Kier molecular flexibility index (Phi) is 8.87. The van der Waals surface area contributed by atoms with Crippen LogP contribution in [-0.4, -0.2) is 54.3 Å². The van der Waals surface area contributed by atoms with Gasteiger partial charge in [-0.05, 0) is 69.0 Å². The van der Waals surface area contributed by atoms with Crippen LogP contribution in [-0.2, 0) is 19.1 Å². The number of esters is 1. The van der Waals surface area contributed by atoms with Crippen LogP contribution in [0, 0.1) is 19.8 Å². The molecule has 8 nitrogen and oxygen atoms in total. The molecule has 0 radical (unpaired) electrons. The number of carbonyl (C=O) groups excluding carboxylic acids is 4. The van der Waals surface area contributed by atoms with E-state index >= 15 is 0 Å². The number of halogens is 1. The minimum atomic E-state index is -1.04. The van der Waals surface area contributed by atoms with Gasteiger partial charge >= 0.3 is 5.97 Å². The molecule has 1 fully saturated rings. The number of nitrogens with zero attached hydrogens (tertiary/aromatic N) is 1. The Hall–Kier alpha value is -3.39. The van der Waals surface area contributed by atoms with Crippen molar-refractivity contribution in [3.8, 4) is 0 Å². The quantitative estimate of drug-likeness (QED) is 0.567. The Morgan fingerprint density at radius 1 is 1.03 bits per heavy atom. The zero-order valence-electron chi connectivity index (χ0n) is 20.1. The molecule has 1 aliphatic rings. The van der Waals surface area contributed by atoms with E-state index in [1.807, 2.05) is 32.0 Å². The second-order valence-electron chi connectivity index (χ2n) is 8.69. The third-order valence-electron chi connectivity index (χ3n) is 6.04. The van der Waals surface area contributed by atoms with E-state index in [0.717, 1.165) is 11.1 Å². The Labute approximate surface area is 210 Å². The molecule has 35 heavy (non-hydrogen) atoms. The Morgan fingerprint density at radius 2 is 1.63 bits per heavy atom. The summed E-state index contributed by atoms with van der Waals surface area (Å²) in [6, 6.07) is 12.4. The molecule has 0 saturated carbocycles. The van der Waals surface area contributed by atoms with Gasteiger partial charge < -0.3 is 20.3 Å². The summed E-state index contributed by atoms with van der Waals surface area (Å²) in [5.41, 5.74) is 3.11. The molecule has 1 atom stereocenters. The molecule has 0 bridgehead atoms. The predicted octanol–water partition coefficient (Wildman–Crippen LogP) is 3.50. The van der Waals surface area contributed by atoms with Crippen molar-refractivity contribution in [2.24, 2.45) is 5.92 Å². The van der Waals surface area contributed by atoms with Crippen molar-refractivity contribution in [1.29, 1.82) is 0 Å². The number of benzene rings is 2.